The summed E-state index contributed by atoms with van der Waals surface area (Å²) in [6.07, 6.45) is -2.43. The first kappa shape index (κ1) is 26.8. The number of fused-ring (bicyclic) bond motifs is 1. The highest BCUT2D eigenvalue weighted by Gasteiger charge is 2.40. The maximum atomic E-state index is 13.2. The molecule has 0 aliphatic carbocycles. The normalized spacial score (nSPS) is 14.9. The fourth-order valence-electron chi connectivity index (χ4n) is 3.37. The van der Waals surface area contributed by atoms with Gasteiger partial charge in [-0.3, -0.25) is 9.93 Å². The minimum Gasteiger partial charge on any atom is -0.401 e. The molecule has 1 unspecified atom stereocenters. The molecule has 0 spiro atoms. The first-order valence-electron chi connectivity index (χ1n) is 10.6. The Morgan fingerprint density at radius 1 is 1.24 bits per heavy atom. The van der Waals surface area contributed by atoms with Crippen LogP contribution in [0, 0.1) is 5.92 Å². The van der Waals surface area contributed by atoms with Crippen molar-refractivity contribution in [2.75, 3.05) is 4.90 Å². The number of para-hydroxylation sites is 1. The van der Waals surface area contributed by atoms with E-state index >= 15 is 0 Å². The third-order valence-electron chi connectivity index (χ3n) is 5.55. The smallest absolute Gasteiger partial charge is 0.401 e. The molecule has 1 amide bonds. The quantitative estimate of drug-likeness (QED) is 0.469. The summed E-state index contributed by atoms with van der Waals surface area (Å²) in [7, 11) is 0. The predicted octanol–water partition coefficient (Wildman–Crippen LogP) is 5.58. The first-order valence-corrected chi connectivity index (χ1v) is 11.4. The summed E-state index contributed by atoms with van der Waals surface area (Å²) in [5.41, 5.74) is 6.44. The van der Waals surface area contributed by atoms with Crippen LogP contribution < -0.4 is 15.8 Å². The fraction of sp³-hybridized carbons (Fsp3) is 0.375. The summed E-state index contributed by atoms with van der Waals surface area (Å²) in [4.78, 5) is 14.8. The average Bonchev–Trinajstić information content (AvgIpc) is 3.14. The molecule has 0 saturated carbocycles. The lowest BCUT2D eigenvalue weighted by atomic mass is 9.99. The number of amides is 1. The highest BCUT2D eigenvalue weighted by atomic mass is 32.2. The highest BCUT2D eigenvalue weighted by molar-refractivity contribution is 8.00. The lowest BCUT2D eigenvalue weighted by molar-refractivity contribution is -0.138. The second-order valence-corrected chi connectivity index (χ2v) is 8.82. The van der Waals surface area contributed by atoms with Crippen molar-refractivity contribution in [3.05, 3.63) is 75.3 Å². The van der Waals surface area contributed by atoms with Crippen LogP contribution in [0.2, 0.25) is 0 Å². The Bertz CT molecular complexity index is 994. The van der Waals surface area contributed by atoms with Crippen molar-refractivity contribution in [3.8, 4) is 0 Å². The van der Waals surface area contributed by atoms with E-state index in [0.717, 1.165) is 23.1 Å². The van der Waals surface area contributed by atoms with E-state index in [1.165, 1.54) is 29.3 Å². The maximum Gasteiger partial charge on any atom is 0.416 e. The third-order valence-corrected chi connectivity index (χ3v) is 6.17. The number of hydrogen-bond donors (Lipinski definition) is 3. The van der Waals surface area contributed by atoms with Crippen molar-refractivity contribution in [2.24, 2.45) is 16.8 Å². The monoisotopic (exact) mass is 481 g/mol. The zero-order valence-electron chi connectivity index (χ0n) is 18.9. The van der Waals surface area contributed by atoms with Crippen molar-refractivity contribution in [3.63, 3.8) is 0 Å². The van der Waals surface area contributed by atoms with Crippen LogP contribution >= 0.6 is 11.9 Å². The molecule has 1 atom stereocenters. The van der Waals surface area contributed by atoms with Crippen LogP contribution in [-0.2, 0) is 19.3 Å². The Hall–Kier alpha value is -2.49. The second-order valence-electron chi connectivity index (χ2n) is 7.97. The summed E-state index contributed by atoms with van der Waals surface area (Å²) in [6, 6.07) is 10.8. The molecule has 2 aromatic rings. The number of anilines is 1. The van der Waals surface area contributed by atoms with Gasteiger partial charge < -0.3 is 15.7 Å². The zero-order chi connectivity index (χ0) is 24.8. The Kier molecular flexibility index (Phi) is 9.39. The van der Waals surface area contributed by atoms with E-state index in [2.05, 4.69) is 13.8 Å². The summed E-state index contributed by atoms with van der Waals surface area (Å²) in [5.74, 6) is 0.180. The van der Waals surface area contributed by atoms with Crippen LogP contribution in [0.5, 0.6) is 0 Å². The van der Waals surface area contributed by atoms with Gasteiger partial charge in [0.25, 0.3) is 5.91 Å². The van der Waals surface area contributed by atoms with Gasteiger partial charge in [-0.2, -0.15) is 13.2 Å². The number of benzene rings is 2. The SMILES string of the molecule is CCC(C)C/C(N)=C(\C)SN.O=C1c2cc(CO)cc(C(F)(F)F)c2CN1c1ccccc1. The van der Waals surface area contributed by atoms with Crippen molar-refractivity contribution < 1.29 is 23.1 Å². The number of aliphatic hydroxyl groups excluding tert-OH is 1. The standard InChI is InChI=1S/C16H12F3NO2.C8H18N2S/c17-16(18,19)14-7-10(9-21)6-12-13(14)8-20(15(12)22)11-4-2-1-3-5-11;1-4-6(2)5-8(9)7(3)11-10/h1-7,21H,8-9H2;6H,4-5,9-10H2,1-3H3/b;8-7-. The molecule has 1 heterocycles. The molecule has 0 radical (unpaired) electrons. The highest BCUT2D eigenvalue weighted by Crippen LogP contribution is 2.39. The van der Waals surface area contributed by atoms with E-state index in [1.54, 1.807) is 30.3 Å². The number of nitrogens with two attached hydrogens (primary N) is 2. The molecule has 1 aliphatic heterocycles. The van der Waals surface area contributed by atoms with Crippen molar-refractivity contribution in [1.29, 1.82) is 0 Å². The molecule has 33 heavy (non-hydrogen) atoms. The van der Waals surface area contributed by atoms with E-state index in [-0.39, 0.29) is 23.2 Å². The van der Waals surface area contributed by atoms with Gasteiger partial charge >= 0.3 is 6.18 Å². The molecule has 0 aromatic heterocycles. The van der Waals surface area contributed by atoms with Crippen LogP contribution in [-0.4, -0.2) is 11.0 Å². The van der Waals surface area contributed by atoms with Crippen LogP contribution in [0.4, 0.5) is 18.9 Å². The Balaban J connectivity index is 0.000000299. The molecule has 0 saturated heterocycles. The van der Waals surface area contributed by atoms with Gasteiger partial charge in [0.2, 0.25) is 0 Å². The van der Waals surface area contributed by atoms with Crippen LogP contribution in [0.15, 0.2) is 53.1 Å². The van der Waals surface area contributed by atoms with Crippen LogP contribution in [0.25, 0.3) is 0 Å². The summed E-state index contributed by atoms with van der Waals surface area (Å²) in [5, 5.41) is 14.5. The number of halogens is 3. The van der Waals surface area contributed by atoms with Gasteiger partial charge in [-0.15, -0.1) is 0 Å². The summed E-state index contributed by atoms with van der Waals surface area (Å²) in [6.45, 7) is 5.65. The van der Waals surface area contributed by atoms with E-state index in [1.807, 2.05) is 6.92 Å². The van der Waals surface area contributed by atoms with E-state index in [9.17, 15) is 18.0 Å². The second kappa shape index (κ2) is 11.6. The Morgan fingerprint density at radius 3 is 2.39 bits per heavy atom. The molecule has 5 N–H and O–H groups in total. The average molecular weight is 482 g/mol. The van der Waals surface area contributed by atoms with Gasteiger partial charge in [0.1, 0.15) is 0 Å². The van der Waals surface area contributed by atoms with Crippen LogP contribution in [0.3, 0.4) is 0 Å². The van der Waals surface area contributed by atoms with Gasteiger partial charge in [0, 0.05) is 21.9 Å². The van der Waals surface area contributed by atoms with Gasteiger partial charge in [0.05, 0.1) is 18.7 Å². The molecule has 0 fully saturated rings. The number of allylic oxidation sites excluding steroid dienone is 2. The van der Waals surface area contributed by atoms with E-state index in [0.29, 0.717) is 11.6 Å². The largest absolute Gasteiger partial charge is 0.416 e. The van der Waals surface area contributed by atoms with Crippen molar-refractivity contribution in [1.82, 2.24) is 0 Å². The number of hydrogen-bond acceptors (Lipinski definition) is 5. The molecule has 2 aromatic carbocycles. The molecular formula is C24H30F3N3O2S. The Morgan fingerprint density at radius 2 is 1.88 bits per heavy atom. The van der Waals surface area contributed by atoms with E-state index < -0.39 is 24.3 Å². The number of carbonyl (C=O) groups is 1. The third kappa shape index (κ3) is 6.75. The molecule has 3 rings (SSSR count). The van der Waals surface area contributed by atoms with Crippen molar-refractivity contribution in [2.45, 2.75) is 52.9 Å². The zero-order valence-corrected chi connectivity index (χ0v) is 19.8. The van der Waals surface area contributed by atoms with E-state index in [4.69, 9.17) is 16.0 Å². The summed E-state index contributed by atoms with van der Waals surface area (Å²) < 4.78 is 39.6. The fourth-order valence-corrected chi connectivity index (χ4v) is 3.60. The lowest BCUT2D eigenvalue weighted by Crippen LogP contribution is -2.22. The number of aliphatic hydroxyl groups is 1. The first-order chi connectivity index (χ1) is 15.5. The molecule has 1 aliphatic rings. The number of rotatable bonds is 6. The topological polar surface area (TPSA) is 92.6 Å². The molecule has 180 valence electrons. The Labute approximate surface area is 196 Å². The number of nitrogens with zero attached hydrogens (tertiary/aromatic N) is 1. The van der Waals surface area contributed by atoms with Gasteiger partial charge in [-0.25, -0.2) is 0 Å². The molecule has 0 bridgehead atoms. The molecule has 5 nitrogen and oxygen atoms in total. The summed E-state index contributed by atoms with van der Waals surface area (Å²) >= 11 is 1.24. The molecule has 9 heteroatoms. The minimum atomic E-state index is -4.57. The number of alkyl halides is 3. The maximum absolute atomic E-state index is 13.2. The number of carbonyl (C=O) groups excluding carboxylic acids is 1. The molecular weight excluding hydrogens is 451 g/mol. The van der Waals surface area contributed by atoms with Gasteiger partial charge in [-0.05, 0) is 54.7 Å². The minimum absolute atomic E-state index is 0.00253. The predicted molar refractivity (Wildman–Crippen MR) is 127 cm³/mol. The van der Waals surface area contributed by atoms with Crippen LogP contribution in [0.1, 0.15) is 60.7 Å². The van der Waals surface area contributed by atoms with Gasteiger partial charge in [-0.1, -0.05) is 50.4 Å². The van der Waals surface area contributed by atoms with Crippen molar-refractivity contribution >= 4 is 23.5 Å². The lowest BCUT2D eigenvalue weighted by Gasteiger charge is -2.16. The van der Waals surface area contributed by atoms with Gasteiger partial charge in [0.15, 0.2) is 0 Å².